The van der Waals surface area contributed by atoms with E-state index in [1.165, 1.54) is 12.8 Å². The maximum atomic E-state index is 12.5. The highest BCUT2D eigenvalue weighted by molar-refractivity contribution is 5.27. The van der Waals surface area contributed by atoms with Gasteiger partial charge in [0.1, 0.15) is 0 Å². The van der Waals surface area contributed by atoms with Crippen LogP contribution < -0.4 is 0 Å². The minimum absolute atomic E-state index is 0.413. The summed E-state index contributed by atoms with van der Waals surface area (Å²) in [5.74, 6) is 0.662. The molecule has 2 aliphatic rings. The fourth-order valence-corrected chi connectivity index (χ4v) is 1.21. The van der Waals surface area contributed by atoms with Crippen LogP contribution in [-0.4, -0.2) is 11.7 Å². The Kier molecular flexibility index (Phi) is 1.26. The zero-order valence-corrected chi connectivity index (χ0v) is 5.76. The Labute approximate surface area is 59.8 Å². The predicted molar refractivity (Wildman–Crippen MR) is 37.8 cm³/mol. The van der Waals surface area contributed by atoms with Gasteiger partial charge < -0.3 is 0 Å². The number of hydrogen-bond acceptors (Lipinski definition) is 1. The second-order valence-electron chi connectivity index (χ2n) is 2.89. The maximum Gasteiger partial charge on any atom is 0.0683 e. The van der Waals surface area contributed by atoms with E-state index in [4.69, 9.17) is 0 Å². The second-order valence-corrected chi connectivity index (χ2v) is 2.89. The molecular formula is C8H10FN. The average molecular weight is 139 g/mol. The van der Waals surface area contributed by atoms with Crippen molar-refractivity contribution in [3.63, 3.8) is 0 Å². The van der Waals surface area contributed by atoms with Crippen LogP contribution in [0.2, 0.25) is 0 Å². The van der Waals surface area contributed by atoms with Crippen LogP contribution in [0.1, 0.15) is 12.8 Å². The van der Waals surface area contributed by atoms with E-state index in [2.05, 4.69) is 0 Å². The number of halogens is 1. The molecule has 0 atom stereocenters. The minimum Gasteiger partial charge on any atom is -0.215 e. The topological polar surface area (TPSA) is 3.24 Å². The van der Waals surface area contributed by atoms with Crippen molar-refractivity contribution in [2.24, 2.45) is 5.92 Å². The molecule has 0 unspecified atom stereocenters. The number of nitrogens with zero attached hydrogens (tertiary/aromatic N) is 1. The van der Waals surface area contributed by atoms with Crippen molar-refractivity contribution in [3.8, 4) is 0 Å². The quantitative estimate of drug-likeness (QED) is 0.502. The highest BCUT2D eigenvalue weighted by atomic mass is 19.2. The zero-order chi connectivity index (χ0) is 6.97. The molecule has 1 saturated carbocycles. The van der Waals surface area contributed by atoms with Crippen molar-refractivity contribution in [1.29, 1.82) is 0 Å². The Balaban J connectivity index is 2.10. The summed E-state index contributed by atoms with van der Waals surface area (Å²) in [7, 11) is 0. The summed E-state index contributed by atoms with van der Waals surface area (Å²) in [6, 6.07) is 0. The molecule has 1 heterocycles. The van der Waals surface area contributed by atoms with E-state index in [1.54, 1.807) is 6.20 Å². The van der Waals surface area contributed by atoms with Gasteiger partial charge in [-0.3, -0.25) is 0 Å². The fraction of sp³-hybridized carbons (Fsp3) is 0.500. The van der Waals surface area contributed by atoms with Gasteiger partial charge in [-0.1, -0.05) is 12.2 Å². The first-order valence-corrected chi connectivity index (χ1v) is 3.67. The highest BCUT2D eigenvalue weighted by Crippen LogP contribution is 2.37. The van der Waals surface area contributed by atoms with Crippen LogP contribution >= 0.6 is 0 Å². The Morgan fingerprint density at radius 1 is 1.50 bits per heavy atom. The van der Waals surface area contributed by atoms with Crippen molar-refractivity contribution in [3.05, 3.63) is 23.9 Å². The smallest absolute Gasteiger partial charge is 0.0683 e. The summed E-state index contributed by atoms with van der Waals surface area (Å²) < 4.78 is 12.5. The lowest BCUT2D eigenvalue weighted by Gasteiger charge is -2.12. The van der Waals surface area contributed by atoms with Crippen LogP contribution in [0, 0.1) is 5.92 Å². The average Bonchev–Trinajstić information content (AvgIpc) is 2.68. The standard InChI is InChI=1S/C8H10FN/c9-10-5-1-2-8(6-10)7-3-4-7/h1-2,6-7H,3-5H2. The first-order valence-electron chi connectivity index (χ1n) is 3.67. The predicted octanol–water partition coefficient (Wildman–Crippen LogP) is 2.04. The first-order chi connectivity index (χ1) is 4.86. The molecule has 1 aliphatic carbocycles. The monoisotopic (exact) mass is 139 g/mol. The van der Waals surface area contributed by atoms with Gasteiger partial charge in [-0.15, -0.1) is 4.48 Å². The van der Waals surface area contributed by atoms with Gasteiger partial charge in [0.05, 0.1) is 6.54 Å². The molecule has 0 bridgehead atoms. The highest BCUT2D eigenvalue weighted by Gasteiger charge is 2.25. The third-order valence-corrected chi connectivity index (χ3v) is 1.93. The summed E-state index contributed by atoms with van der Waals surface area (Å²) >= 11 is 0. The summed E-state index contributed by atoms with van der Waals surface area (Å²) in [4.78, 5) is 0. The molecule has 1 aliphatic heterocycles. The van der Waals surface area contributed by atoms with Gasteiger partial charge >= 0.3 is 0 Å². The van der Waals surface area contributed by atoms with Gasteiger partial charge in [-0.05, 0) is 24.3 Å². The maximum absolute atomic E-state index is 12.5. The van der Waals surface area contributed by atoms with E-state index < -0.39 is 0 Å². The van der Waals surface area contributed by atoms with Crippen LogP contribution in [0.15, 0.2) is 23.9 Å². The third kappa shape index (κ3) is 1.06. The lowest BCUT2D eigenvalue weighted by molar-refractivity contribution is 0.103. The number of allylic oxidation sites excluding steroid dienone is 2. The van der Waals surface area contributed by atoms with E-state index >= 15 is 0 Å². The number of hydrogen-bond donors (Lipinski definition) is 0. The van der Waals surface area contributed by atoms with Gasteiger partial charge in [0.2, 0.25) is 0 Å². The normalized spacial score (nSPS) is 24.9. The molecule has 0 aromatic rings. The molecule has 0 N–H and O–H groups in total. The minimum atomic E-state index is 0.413. The molecule has 1 nitrogen and oxygen atoms in total. The van der Waals surface area contributed by atoms with E-state index in [1.807, 2.05) is 12.2 Å². The van der Waals surface area contributed by atoms with E-state index in [9.17, 15) is 4.48 Å². The Morgan fingerprint density at radius 3 is 2.90 bits per heavy atom. The van der Waals surface area contributed by atoms with Gasteiger partial charge in [0, 0.05) is 6.20 Å². The lowest BCUT2D eigenvalue weighted by Crippen LogP contribution is -2.09. The molecule has 54 valence electrons. The van der Waals surface area contributed by atoms with Crippen molar-refractivity contribution in [2.75, 3.05) is 6.54 Å². The lowest BCUT2D eigenvalue weighted by atomic mass is 10.1. The SMILES string of the molecule is FN1C=C(C2CC2)C=CC1. The second kappa shape index (κ2) is 2.11. The van der Waals surface area contributed by atoms with Crippen LogP contribution in [-0.2, 0) is 0 Å². The van der Waals surface area contributed by atoms with Crippen LogP contribution in [0.5, 0.6) is 0 Å². The summed E-state index contributed by atoms with van der Waals surface area (Å²) in [6.07, 6.45) is 7.99. The molecule has 2 heteroatoms. The Bertz CT molecular complexity index is 191. The Hall–Kier alpha value is -0.790. The molecule has 0 saturated heterocycles. The zero-order valence-electron chi connectivity index (χ0n) is 5.76. The van der Waals surface area contributed by atoms with Crippen molar-refractivity contribution >= 4 is 0 Å². The molecule has 0 amide bonds. The molecule has 1 fully saturated rings. The molecular weight excluding hydrogens is 129 g/mol. The van der Waals surface area contributed by atoms with E-state index in [0.29, 0.717) is 12.5 Å². The van der Waals surface area contributed by atoms with Crippen LogP contribution in [0.4, 0.5) is 4.48 Å². The summed E-state index contributed by atoms with van der Waals surface area (Å²) in [6.45, 7) is 0.413. The van der Waals surface area contributed by atoms with Crippen LogP contribution in [0.25, 0.3) is 0 Å². The Morgan fingerprint density at radius 2 is 2.30 bits per heavy atom. The first kappa shape index (κ1) is 5.96. The van der Waals surface area contributed by atoms with Crippen molar-refractivity contribution in [1.82, 2.24) is 5.12 Å². The molecule has 0 radical (unpaired) electrons. The summed E-state index contributed by atoms with van der Waals surface area (Å²) in [5.41, 5.74) is 1.16. The van der Waals surface area contributed by atoms with E-state index in [-0.39, 0.29) is 0 Å². The molecule has 0 aromatic heterocycles. The van der Waals surface area contributed by atoms with Crippen molar-refractivity contribution < 1.29 is 4.48 Å². The summed E-state index contributed by atoms with van der Waals surface area (Å²) in [5, 5.41) is 0.744. The molecule has 2 rings (SSSR count). The van der Waals surface area contributed by atoms with Gasteiger partial charge in [-0.25, -0.2) is 5.12 Å². The van der Waals surface area contributed by atoms with Crippen molar-refractivity contribution in [2.45, 2.75) is 12.8 Å². The molecule has 10 heavy (non-hydrogen) atoms. The van der Waals surface area contributed by atoms with Gasteiger partial charge in [0.25, 0.3) is 0 Å². The molecule has 0 aromatic carbocycles. The van der Waals surface area contributed by atoms with Gasteiger partial charge in [0.15, 0.2) is 0 Å². The third-order valence-electron chi connectivity index (χ3n) is 1.93. The van der Waals surface area contributed by atoms with E-state index in [0.717, 1.165) is 10.7 Å². The fourth-order valence-electron chi connectivity index (χ4n) is 1.21. The van der Waals surface area contributed by atoms with Crippen LogP contribution in [0.3, 0.4) is 0 Å². The van der Waals surface area contributed by atoms with Gasteiger partial charge in [-0.2, -0.15) is 0 Å². The number of rotatable bonds is 1. The molecule has 0 spiro atoms. The largest absolute Gasteiger partial charge is 0.215 e.